The Kier molecular flexibility index (Phi) is 2.21. The Labute approximate surface area is 61.6 Å². The van der Waals surface area contributed by atoms with Gasteiger partial charge in [-0.05, 0) is 24.3 Å². The number of anilines is 1. The van der Waals surface area contributed by atoms with Gasteiger partial charge in [-0.1, -0.05) is 0 Å². The zero-order chi connectivity index (χ0) is 7.40. The lowest BCUT2D eigenvalue weighted by atomic mass is 10.2. The van der Waals surface area contributed by atoms with Crippen molar-refractivity contribution in [1.29, 1.82) is 0 Å². The summed E-state index contributed by atoms with van der Waals surface area (Å²) in [5.41, 5.74) is 0.876. The van der Waals surface area contributed by atoms with Crippen LogP contribution in [0.15, 0.2) is 24.3 Å². The number of rotatable bonds is 2. The molecule has 2 radical (unpaired) electrons. The maximum absolute atomic E-state index is 5.15. The highest BCUT2D eigenvalue weighted by Crippen LogP contribution is 2.13. The minimum absolute atomic E-state index is 0.832. The predicted octanol–water partition coefficient (Wildman–Crippen LogP) is 1.19. The van der Waals surface area contributed by atoms with Crippen molar-refractivity contribution in [3.05, 3.63) is 24.3 Å². The van der Waals surface area contributed by atoms with Gasteiger partial charge in [0.2, 0.25) is 7.98 Å². The Bertz CT molecular complexity index is 174. The summed E-state index contributed by atoms with van der Waals surface area (Å²) in [5, 5.41) is 2.52. The molecule has 1 rings (SSSR count). The smallest absolute Gasteiger partial charge is 0.222 e. The summed E-state index contributed by atoms with van der Waals surface area (Å²) in [7, 11) is 6.78. The highest BCUT2D eigenvalue weighted by atomic mass is 16.5. The highest BCUT2D eigenvalue weighted by Gasteiger charge is 1.88. The van der Waals surface area contributed by atoms with Crippen LogP contribution in [0.5, 0.6) is 5.75 Å². The van der Waals surface area contributed by atoms with Gasteiger partial charge in [0.25, 0.3) is 0 Å². The van der Waals surface area contributed by atoms with Crippen molar-refractivity contribution in [3.8, 4) is 5.75 Å². The van der Waals surface area contributed by atoms with E-state index in [9.17, 15) is 0 Å². The number of methoxy groups -OCH3 is 1. The molecule has 0 unspecified atom stereocenters. The normalized spacial score (nSPS) is 8.90. The van der Waals surface area contributed by atoms with Gasteiger partial charge < -0.3 is 9.96 Å². The molecule has 3 heteroatoms. The van der Waals surface area contributed by atoms with Crippen molar-refractivity contribution >= 4 is 13.7 Å². The Morgan fingerprint density at radius 3 is 2.30 bits per heavy atom. The van der Waals surface area contributed by atoms with Gasteiger partial charge in [-0.15, -0.1) is 0 Å². The van der Waals surface area contributed by atoms with E-state index in [1.807, 2.05) is 24.3 Å². The highest BCUT2D eigenvalue weighted by molar-refractivity contribution is 6.15. The van der Waals surface area contributed by atoms with E-state index in [4.69, 9.17) is 12.7 Å². The van der Waals surface area contributed by atoms with Crippen LogP contribution in [-0.2, 0) is 0 Å². The third-order valence-corrected chi connectivity index (χ3v) is 1.26. The molecule has 0 atom stereocenters. The Morgan fingerprint density at radius 2 is 1.90 bits per heavy atom. The van der Waals surface area contributed by atoms with Crippen molar-refractivity contribution in [2.75, 3.05) is 12.3 Å². The molecule has 1 N–H and O–H groups in total. The molecule has 1 aromatic rings. The largest absolute Gasteiger partial charge is 0.497 e. The van der Waals surface area contributed by atoms with E-state index in [1.54, 1.807) is 7.11 Å². The summed E-state index contributed by atoms with van der Waals surface area (Å²) in [6, 6.07) is 7.38. The minimum atomic E-state index is 0.832. The second kappa shape index (κ2) is 3.15. The molecule has 0 saturated carbocycles. The lowest BCUT2D eigenvalue weighted by Crippen LogP contribution is -1.89. The monoisotopic (exact) mass is 133 g/mol. The number of ether oxygens (including phenoxy) is 1. The Balaban J connectivity index is 2.80. The van der Waals surface area contributed by atoms with Gasteiger partial charge in [0.1, 0.15) is 5.75 Å². The van der Waals surface area contributed by atoms with Crippen molar-refractivity contribution in [2.45, 2.75) is 0 Å². The van der Waals surface area contributed by atoms with Crippen LogP contribution in [0.1, 0.15) is 0 Å². The molecule has 0 heterocycles. The number of nitrogens with one attached hydrogen (secondary N) is 1. The fourth-order valence-corrected chi connectivity index (χ4v) is 0.687. The predicted molar refractivity (Wildman–Crippen MR) is 42.4 cm³/mol. The fourth-order valence-electron chi connectivity index (χ4n) is 0.687. The van der Waals surface area contributed by atoms with Crippen molar-refractivity contribution in [2.24, 2.45) is 0 Å². The van der Waals surface area contributed by atoms with Crippen LogP contribution >= 0.6 is 0 Å². The van der Waals surface area contributed by atoms with Gasteiger partial charge in [0.05, 0.1) is 7.11 Å². The van der Waals surface area contributed by atoms with Crippen LogP contribution in [0.2, 0.25) is 0 Å². The summed E-state index contributed by atoms with van der Waals surface area (Å²) in [6.07, 6.45) is 0. The molecule has 0 aromatic heterocycles. The van der Waals surface area contributed by atoms with Crippen molar-refractivity contribution in [1.82, 2.24) is 0 Å². The minimum Gasteiger partial charge on any atom is -0.497 e. The average molecular weight is 133 g/mol. The Hall–Kier alpha value is -1.12. The standard InChI is InChI=1S/C7H8BNO/c1-10-7-4-2-6(9-8)3-5-7/h2-5,9H,1H3. The summed E-state index contributed by atoms with van der Waals surface area (Å²) in [5.74, 6) is 0.832. The molecule has 0 aliphatic rings. The van der Waals surface area contributed by atoms with E-state index in [-0.39, 0.29) is 0 Å². The van der Waals surface area contributed by atoms with Crippen molar-refractivity contribution < 1.29 is 4.74 Å². The maximum Gasteiger partial charge on any atom is 0.222 e. The van der Waals surface area contributed by atoms with Crippen LogP contribution in [0.3, 0.4) is 0 Å². The first-order valence-corrected chi connectivity index (χ1v) is 2.97. The molecule has 0 spiro atoms. The molecule has 10 heavy (non-hydrogen) atoms. The van der Waals surface area contributed by atoms with Crippen molar-refractivity contribution in [3.63, 3.8) is 0 Å². The second-order valence-corrected chi connectivity index (χ2v) is 1.87. The molecule has 0 saturated heterocycles. The molecule has 0 fully saturated rings. The van der Waals surface area contributed by atoms with E-state index in [0.717, 1.165) is 11.4 Å². The zero-order valence-electron chi connectivity index (χ0n) is 5.79. The summed E-state index contributed by atoms with van der Waals surface area (Å²) < 4.78 is 4.95. The zero-order valence-corrected chi connectivity index (χ0v) is 5.79. The molecule has 2 nitrogen and oxygen atoms in total. The summed E-state index contributed by atoms with van der Waals surface area (Å²) in [6.45, 7) is 0. The van der Waals surface area contributed by atoms with E-state index in [1.165, 1.54) is 0 Å². The maximum atomic E-state index is 5.15. The quantitative estimate of drug-likeness (QED) is 0.611. The third-order valence-electron chi connectivity index (χ3n) is 1.26. The molecule has 1 aromatic carbocycles. The van der Waals surface area contributed by atoms with Gasteiger partial charge in [-0.2, -0.15) is 0 Å². The fraction of sp³-hybridized carbons (Fsp3) is 0.143. The lowest BCUT2D eigenvalue weighted by molar-refractivity contribution is 0.415. The molecular formula is C7H8BNO. The van der Waals surface area contributed by atoms with Gasteiger partial charge in [0, 0.05) is 5.69 Å². The second-order valence-electron chi connectivity index (χ2n) is 1.87. The first kappa shape index (κ1) is 7.00. The average Bonchev–Trinajstić information content (AvgIpc) is 2.05. The lowest BCUT2D eigenvalue weighted by Gasteiger charge is -2.01. The third kappa shape index (κ3) is 1.44. The van der Waals surface area contributed by atoms with Crippen LogP contribution < -0.4 is 9.96 Å². The van der Waals surface area contributed by atoms with Crippen LogP contribution in [0, 0.1) is 0 Å². The molecule has 0 aliphatic carbocycles. The molecule has 50 valence electrons. The number of hydrogen-bond acceptors (Lipinski definition) is 2. The summed E-state index contributed by atoms with van der Waals surface area (Å²) in [4.78, 5) is 0. The number of hydrogen-bond donors (Lipinski definition) is 1. The van der Waals surface area contributed by atoms with Crippen LogP contribution in [0.25, 0.3) is 0 Å². The molecule has 0 amide bonds. The van der Waals surface area contributed by atoms with Gasteiger partial charge in [0.15, 0.2) is 0 Å². The van der Waals surface area contributed by atoms with Gasteiger partial charge >= 0.3 is 0 Å². The molecule has 0 bridgehead atoms. The van der Waals surface area contributed by atoms with E-state index in [2.05, 4.69) is 5.23 Å². The van der Waals surface area contributed by atoms with Crippen LogP contribution in [0.4, 0.5) is 5.69 Å². The Morgan fingerprint density at radius 1 is 1.30 bits per heavy atom. The van der Waals surface area contributed by atoms with E-state index >= 15 is 0 Å². The first-order valence-electron chi connectivity index (χ1n) is 2.97. The van der Waals surface area contributed by atoms with Crippen LogP contribution in [-0.4, -0.2) is 15.1 Å². The number of benzene rings is 1. The SMILES string of the molecule is [B]Nc1ccc(OC)cc1. The van der Waals surface area contributed by atoms with Gasteiger partial charge in [-0.3, -0.25) is 0 Å². The molecular weight excluding hydrogens is 125 g/mol. The first-order chi connectivity index (χ1) is 4.86. The topological polar surface area (TPSA) is 21.3 Å². The molecule has 0 aliphatic heterocycles. The summed E-state index contributed by atoms with van der Waals surface area (Å²) >= 11 is 0. The van der Waals surface area contributed by atoms with Gasteiger partial charge in [-0.25, -0.2) is 0 Å². The van der Waals surface area contributed by atoms with E-state index in [0.29, 0.717) is 0 Å². The van der Waals surface area contributed by atoms with E-state index < -0.39 is 0 Å².